The Morgan fingerprint density at radius 3 is 1.85 bits per heavy atom. The number of carbonyl (C=O) groups is 4. The lowest BCUT2D eigenvalue weighted by Crippen LogP contribution is -2.39. The number of para-hydroxylation sites is 1. The van der Waals surface area contributed by atoms with Crippen LogP contribution in [0.5, 0.6) is 5.75 Å². The Morgan fingerprint density at radius 1 is 0.809 bits per heavy atom. The molecule has 1 aromatic carbocycles. The van der Waals surface area contributed by atoms with Gasteiger partial charge in [0.15, 0.2) is 12.2 Å². The topological polar surface area (TPSA) is 148 Å². The van der Waals surface area contributed by atoms with Gasteiger partial charge in [-0.15, -0.1) is 0 Å². The molecular weight excluding hydrogens is 608 g/mol. The molecule has 0 heterocycles. The number of esters is 2. The molecule has 0 saturated heterocycles. The predicted octanol–water partition coefficient (Wildman–Crippen LogP) is 5.18. The van der Waals surface area contributed by atoms with Crippen LogP contribution in [0, 0.1) is 11.8 Å². The third-order valence-electron chi connectivity index (χ3n) is 6.89. The summed E-state index contributed by atoms with van der Waals surface area (Å²) in [7, 11) is 0. The summed E-state index contributed by atoms with van der Waals surface area (Å²) in [6.07, 6.45) is 9.24. The molecule has 12 nitrogen and oxygen atoms in total. The Labute approximate surface area is 276 Å². The zero-order valence-electron chi connectivity index (χ0n) is 26.9. The molecule has 1 saturated carbocycles. The fourth-order valence-electron chi connectivity index (χ4n) is 4.64. The third-order valence-corrected chi connectivity index (χ3v) is 6.89. The first-order valence-electron chi connectivity index (χ1n) is 15.5. The van der Waals surface area contributed by atoms with Gasteiger partial charge in [0.1, 0.15) is 37.9 Å². The molecule has 0 aromatic heterocycles. The van der Waals surface area contributed by atoms with Gasteiger partial charge in [-0.3, -0.25) is 0 Å². The summed E-state index contributed by atoms with van der Waals surface area (Å²) in [5, 5.41) is 5.59. The second kappa shape index (κ2) is 22.5. The molecular formula is C35H46N2O10. The molecule has 0 radical (unpaired) electrons. The average molecular weight is 655 g/mol. The molecule has 0 aliphatic heterocycles. The van der Waals surface area contributed by atoms with Crippen LogP contribution in [0.1, 0.15) is 32.6 Å². The van der Waals surface area contributed by atoms with Crippen molar-refractivity contribution in [2.24, 2.45) is 11.8 Å². The van der Waals surface area contributed by atoms with Crippen molar-refractivity contribution in [3.8, 4) is 5.75 Å². The third kappa shape index (κ3) is 16.8. The van der Waals surface area contributed by atoms with Crippen molar-refractivity contribution in [3.05, 3.63) is 92.3 Å². The second-order valence-electron chi connectivity index (χ2n) is 10.6. The Balaban J connectivity index is 1.82. The fourth-order valence-corrected chi connectivity index (χ4v) is 4.64. The Morgan fingerprint density at radius 2 is 1.34 bits per heavy atom. The van der Waals surface area contributed by atoms with Gasteiger partial charge < -0.3 is 39.1 Å². The molecule has 256 valence electrons. The van der Waals surface area contributed by atoms with E-state index in [2.05, 4.69) is 30.4 Å². The first kappa shape index (κ1) is 38.2. The van der Waals surface area contributed by atoms with Crippen molar-refractivity contribution in [3.63, 3.8) is 0 Å². The van der Waals surface area contributed by atoms with Gasteiger partial charge in [-0.05, 0) is 62.3 Å². The van der Waals surface area contributed by atoms with Crippen LogP contribution in [-0.2, 0) is 33.3 Å². The number of ether oxygens (including phenoxy) is 6. The van der Waals surface area contributed by atoms with Gasteiger partial charge >= 0.3 is 24.1 Å². The number of amides is 2. The van der Waals surface area contributed by atoms with Gasteiger partial charge in [-0.2, -0.15) is 0 Å². The number of benzene rings is 1. The first-order valence-corrected chi connectivity index (χ1v) is 15.5. The van der Waals surface area contributed by atoms with Crippen LogP contribution in [-0.4, -0.2) is 75.9 Å². The minimum atomic E-state index is -0.867. The molecule has 1 aliphatic carbocycles. The number of hydrogen-bond acceptors (Lipinski definition) is 10. The highest BCUT2D eigenvalue weighted by atomic mass is 16.6. The highest BCUT2D eigenvalue weighted by Crippen LogP contribution is 2.28. The van der Waals surface area contributed by atoms with E-state index in [0.717, 1.165) is 37.8 Å². The molecule has 47 heavy (non-hydrogen) atoms. The quantitative estimate of drug-likeness (QED) is 0.0634. The van der Waals surface area contributed by atoms with E-state index >= 15 is 0 Å². The molecule has 0 spiro atoms. The Hall–Kier alpha value is -5.00. The van der Waals surface area contributed by atoms with E-state index in [1.165, 1.54) is 0 Å². The monoisotopic (exact) mass is 654 g/mol. The average Bonchev–Trinajstić information content (AvgIpc) is 3.09. The van der Waals surface area contributed by atoms with Crippen LogP contribution in [0.3, 0.4) is 0 Å². The molecule has 4 unspecified atom stereocenters. The summed E-state index contributed by atoms with van der Waals surface area (Å²) in [6.45, 7) is 12.5. The van der Waals surface area contributed by atoms with Crippen molar-refractivity contribution in [1.82, 2.24) is 10.6 Å². The van der Waals surface area contributed by atoms with E-state index in [4.69, 9.17) is 28.4 Å². The van der Waals surface area contributed by atoms with Gasteiger partial charge in [0, 0.05) is 25.2 Å². The maximum absolute atomic E-state index is 12.6. The maximum atomic E-state index is 12.6. The van der Waals surface area contributed by atoms with E-state index in [0.29, 0.717) is 24.6 Å². The summed E-state index contributed by atoms with van der Waals surface area (Å²) < 4.78 is 32.5. The number of hydrogen-bond donors (Lipinski definition) is 2. The van der Waals surface area contributed by atoms with Crippen molar-refractivity contribution in [2.45, 2.75) is 44.8 Å². The lowest BCUT2D eigenvalue weighted by molar-refractivity contribution is -0.142. The number of carbonyl (C=O) groups excluding carboxylic acids is 4. The zero-order valence-corrected chi connectivity index (χ0v) is 26.9. The van der Waals surface area contributed by atoms with E-state index in [-0.39, 0.29) is 38.3 Å². The normalized spacial score (nSPS) is 17.3. The van der Waals surface area contributed by atoms with Gasteiger partial charge in [0.2, 0.25) is 0 Å². The van der Waals surface area contributed by atoms with Gasteiger partial charge in [0.25, 0.3) is 0 Å². The summed E-state index contributed by atoms with van der Waals surface area (Å²) in [5.41, 5.74) is 0. The molecule has 1 aliphatic rings. The van der Waals surface area contributed by atoms with Gasteiger partial charge in [0.05, 0.1) is 0 Å². The molecule has 4 atom stereocenters. The summed E-state index contributed by atoms with van der Waals surface area (Å²) in [6, 6.07) is 9.00. The zero-order chi connectivity index (χ0) is 34.3. The number of alkyl carbamates (subject to hydrolysis) is 2. The standard InChI is InChI=1S/C35H46N2O10/c1-5-13-28(14-6-2)42-22-30(24-44-32(38)7-3)46-34(40)36-20-26-15-12-16-27(19-26)21-37-35(41)47-31(25-45-33(39)8-4)23-43-29-17-10-9-11-18-29/h5-11,13-14,17-18,26-27,30-31H,1,3-4,12,15-16,19-25H2,2H3,(H,36,40)(H,37,41)/b14-6-,28-13+. The van der Waals surface area contributed by atoms with Crippen molar-refractivity contribution in [2.75, 3.05) is 39.5 Å². The van der Waals surface area contributed by atoms with Gasteiger partial charge in [-0.1, -0.05) is 56.5 Å². The highest BCUT2D eigenvalue weighted by Gasteiger charge is 2.25. The maximum Gasteiger partial charge on any atom is 0.407 e. The second-order valence-corrected chi connectivity index (χ2v) is 10.6. The summed E-state index contributed by atoms with van der Waals surface area (Å²) in [4.78, 5) is 48.4. The number of rotatable bonds is 20. The van der Waals surface area contributed by atoms with Crippen LogP contribution in [0.25, 0.3) is 0 Å². The molecule has 1 aromatic rings. The van der Waals surface area contributed by atoms with Crippen LogP contribution < -0.4 is 15.4 Å². The Kier molecular flexibility index (Phi) is 18.3. The van der Waals surface area contributed by atoms with E-state index in [9.17, 15) is 19.2 Å². The molecule has 2 N–H and O–H groups in total. The predicted molar refractivity (Wildman–Crippen MR) is 175 cm³/mol. The highest BCUT2D eigenvalue weighted by molar-refractivity contribution is 5.81. The van der Waals surface area contributed by atoms with Crippen LogP contribution >= 0.6 is 0 Å². The number of nitrogens with one attached hydrogen (secondary N) is 2. The molecule has 0 bridgehead atoms. The van der Waals surface area contributed by atoms with Crippen LogP contribution in [0.2, 0.25) is 0 Å². The van der Waals surface area contributed by atoms with E-state index in [1.807, 2.05) is 25.1 Å². The smallest absolute Gasteiger partial charge is 0.407 e. The SMILES string of the molecule is C=C/C=C(\C=C/C)OCC(COC(=O)C=C)OC(=O)NCC1CCCC(CNC(=O)OC(COC(=O)C=C)COc2ccccc2)C1. The molecule has 1 fully saturated rings. The summed E-state index contributed by atoms with van der Waals surface area (Å²) >= 11 is 0. The van der Waals surface area contributed by atoms with E-state index in [1.54, 1.807) is 36.4 Å². The molecule has 2 amide bonds. The first-order chi connectivity index (χ1) is 22.8. The van der Waals surface area contributed by atoms with Gasteiger partial charge in [-0.25, -0.2) is 19.2 Å². The largest absolute Gasteiger partial charge is 0.490 e. The van der Waals surface area contributed by atoms with E-state index < -0.39 is 36.3 Å². The van der Waals surface area contributed by atoms with Crippen molar-refractivity contribution >= 4 is 24.1 Å². The summed E-state index contributed by atoms with van der Waals surface area (Å²) in [5.74, 6) is 0.134. The van der Waals surface area contributed by atoms with Crippen molar-refractivity contribution < 1.29 is 47.6 Å². The van der Waals surface area contributed by atoms with Crippen LogP contribution in [0.15, 0.2) is 92.3 Å². The fraction of sp³-hybridized carbons (Fsp3) is 0.429. The lowest BCUT2D eigenvalue weighted by Gasteiger charge is -2.29. The lowest BCUT2D eigenvalue weighted by atomic mass is 9.81. The number of allylic oxidation sites excluding steroid dienone is 4. The Bertz CT molecular complexity index is 1230. The minimum Gasteiger partial charge on any atom is -0.490 e. The minimum absolute atomic E-state index is 0.0126. The molecule has 12 heteroatoms. The van der Waals surface area contributed by atoms with Crippen LogP contribution in [0.4, 0.5) is 9.59 Å². The van der Waals surface area contributed by atoms with Crippen molar-refractivity contribution in [1.29, 1.82) is 0 Å². The molecule has 2 rings (SSSR count).